The van der Waals surface area contributed by atoms with Crippen LogP contribution < -0.4 is 0 Å². The Labute approximate surface area is 260 Å². The van der Waals surface area contributed by atoms with Crippen molar-refractivity contribution in [3.63, 3.8) is 0 Å². The standard InChI is InChI=1S/C22H22N.C16H18N.Ir/c1-22(2,3)16-17-12-13-23-21(14-17)20-11-7-10-19(15-20)18-8-5-4-6-9-18;1-16(2,3)12-13-9-10-17-15(11-13)14-7-5-4-6-8-14;/h4-10,12-15H,16H2,1-3H3;4-7,9-11H,12H2,1-3H3;/q2*-1;. The van der Waals surface area contributed by atoms with E-state index in [0.29, 0.717) is 5.41 Å². The van der Waals surface area contributed by atoms with Crippen LogP contribution in [0.4, 0.5) is 0 Å². The number of rotatable bonds is 5. The van der Waals surface area contributed by atoms with Gasteiger partial charge in [0.15, 0.2) is 0 Å². The van der Waals surface area contributed by atoms with Crippen LogP contribution in [0.1, 0.15) is 52.7 Å². The molecule has 0 N–H and O–H groups in total. The first-order valence-corrected chi connectivity index (χ1v) is 14.0. The molecule has 0 saturated heterocycles. The van der Waals surface area contributed by atoms with E-state index in [1.54, 1.807) is 0 Å². The van der Waals surface area contributed by atoms with Crippen molar-refractivity contribution in [2.75, 3.05) is 0 Å². The Bertz CT molecular complexity index is 1500. The summed E-state index contributed by atoms with van der Waals surface area (Å²) < 4.78 is 0. The normalized spacial score (nSPS) is 11.2. The van der Waals surface area contributed by atoms with Crippen molar-refractivity contribution in [2.45, 2.75) is 54.4 Å². The Kier molecular flexibility index (Phi) is 11.4. The van der Waals surface area contributed by atoms with E-state index in [-0.39, 0.29) is 25.5 Å². The molecule has 0 aliphatic rings. The quantitative estimate of drug-likeness (QED) is 0.169. The van der Waals surface area contributed by atoms with Crippen LogP contribution in [-0.2, 0) is 32.9 Å². The molecule has 2 aromatic heterocycles. The number of pyridine rings is 2. The maximum absolute atomic E-state index is 4.54. The first-order valence-electron chi connectivity index (χ1n) is 14.0. The average molecular weight is 717 g/mol. The molecular formula is C38H40IrN2-2. The summed E-state index contributed by atoms with van der Waals surface area (Å²) in [6.45, 7) is 13.5. The molecule has 1 radical (unpaired) electrons. The van der Waals surface area contributed by atoms with Gasteiger partial charge in [0.1, 0.15) is 0 Å². The minimum absolute atomic E-state index is 0. The van der Waals surface area contributed by atoms with Crippen LogP contribution in [-0.4, -0.2) is 9.97 Å². The molecule has 0 saturated carbocycles. The fraction of sp³-hybridized carbons (Fsp3) is 0.263. The summed E-state index contributed by atoms with van der Waals surface area (Å²) >= 11 is 0. The predicted octanol–water partition coefficient (Wildman–Crippen LogP) is 9.94. The van der Waals surface area contributed by atoms with Gasteiger partial charge in [-0.3, -0.25) is 0 Å². The number of aromatic nitrogens is 2. The summed E-state index contributed by atoms with van der Waals surface area (Å²) in [6.07, 6.45) is 5.90. The topological polar surface area (TPSA) is 25.8 Å². The van der Waals surface area contributed by atoms with Crippen molar-refractivity contribution in [2.24, 2.45) is 10.8 Å². The van der Waals surface area contributed by atoms with E-state index >= 15 is 0 Å². The third-order valence-corrected chi connectivity index (χ3v) is 6.29. The van der Waals surface area contributed by atoms with Crippen molar-refractivity contribution in [3.05, 3.63) is 133 Å². The predicted molar refractivity (Wildman–Crippen MR) is 169 cm³/mol. The van der Waals surface area contributed by atoms with Crippen LogP contribution in [0.2, 0.25) is 0 Å². The largest absolute Gasteiger partial charge is 0.305 e. The maximum Gasteiger partial charge on any atom is 0.0163 e. The second kappa shape index (κ2) is 14.5. The van der Waals surface area contributed by atoms with Crippen molar-refractivity contribution in [1.82, 2.24) is 9.97 Å². The van der Waals surface area contributed by atoms with Gasteiger partial charge in [-0.2, -0.15) is 0 Å². The molecule has 3 aromatic carbocycles. The van der Waals surface area contributed by atoms with Crippen LogP contribution in [0, 0.1) is 23.0 Å². The molecule has 0 bridgehead atoms. The third-order valence-electron chi connectivity index (χ3n) is 6.29. The van der Waals surface area contributed by atoms with Gasteiger partial charge in [0.05, 0.1) is 0 Å². The van der Waals surface area contributed by atoms with E-state index in [2.05, 4.69) is 124 Å². The Morgan fingerprint density at radius 1 is 0.537 bits per heavy atom. The summed E-state index contributed by atoms with van der Waals surface area (Å²) in [4.78, 5) is 8.95. The molecule has 0 amide bonds. The number of nitrogens with zero attached hydrogens (tertiary/aromatic N) is 2. The molecule has 0 aliphatic heterocycles. The second-order valence-corrected chi connectivity index (χ2v) is 12.7. The first-order chi connectivity index (χ1) is 19.1. The smallest absolute Gasteiger partial charge is 0.0163 e. The monoisotopic (exact) mass is 717 g/mol. The molecular weight excluding hydrogens is 677 g/mol. The summed E-state index contributed by atoms with van der Waals surface area (Å²) in [5, 5.41) is 0. The van der Waals surface area contributed by atoms with Crippen molar-refractivity contribution in [3.8, 4) is 33.6 Å². The molecule has 2 nitrogen and oxygen atoms in total. The fourth-order valence-corrected chi connectivity index (χ4v) is 4.67. The molecule has 5 rings (SSSR count). The van der Waals surface area contributed by atoms with E-state index in [4.69, 9.17) is 0 Å². The van der Waals surface area contributed by atoms with Gasteiger partial charge in [-0.05, 0) is 52.8 Å². The number of benzene rings is 3. The van der Waals surface area contributed by atoms with Gasteiger partial charge in [-0.15, -0.1) is 71.3 Å². The van der Waals surface area contributed by atoms with Crippen LogP contribution in [0.25, 0.3) is 33.6 Å². The van der Waals surface area contributed by atoms with Gasteiger partial charge in [-0.1, -0.05) is 95.1 Å². The van der Waals surface area contributed by atoms with Crippen LogP contribution in [0.3, 0.4) is 0 Å². The molecule has 41 heavy (non-hydrogen) atoms. The zero-order valence-electron chi connectivity index (χ0n) is 25.0. The zero-order chi connectivity index (χ0) is 28.6. The number of hydrogen-bond donors (Lipinski definition) is 0. The first kappa shape index (κ1) is 32.1. The molecule has 2 heterocycles. The Morgan fingerprint density at radius 2 is 1.07 bits per heavy atom. The Balaban J connectivity index is 0.000000230. The van der Waals surface area contributed by atoms with Crippen molar-refractivity contribution in [1.29, 1.82) is 0 Å². The van der Waals surface area contributed by atoms with Crippen LogP contribution in [0.15, 0.2) is 109 Å². The van der Waals surface area contributed by atoms with E-state index < -0.39 is 0 Å². The van der Waals surface area contributed by atoms with Crippen molar-refractivity contribution < 1.29 is 20.1 Å². The van der Waals surface area contributed by atoms with Gasteiger partial charge in [0.2, 0.25) is 0 Å². The van der Waals surface area contributed by atoms with Gasteiger partial charge < -0.3 is 9.97 Å². The minimum atomic E-state index is 0. The molecule has 213 valence electrons. The zero-order valence-corrected chi connectivity index (χ0v) is 27.4. The van der Waals surface area contributed by atoms with Gasteiger partial charge >= 0.3 is 0 Å². The molecule has 5 aromatic rings. The molecule has 0 atom stereocenters. The molecule has 0 unspecified atom stereocenters. The summed E-state index contributed by atoms with van der Waals surface area (Å²) in [6, 6.07) is 39.7. The van der Waals surface area contributed by atoms with Crippen LogP contribution >= 0.6 is 0 Å². The van der Waals surface area contributed by atoms with Crippen LogP contribution in [0.5, 0.6) is 0 Å². The van der Waals surface area contributed by atoms with Gasteiger partial charge in [0.25, 0.3) is 0 Å². The summed E-state index contributed by atoms with van der Waals surface area (Å²) in [7, 11) is 0. The number of hydrogen-bond acceptors (Lipinski definition) is 2. The van der Waals surface area contributed by atoms with Crippen molar-refractivity contribution >= 4 is 0 Å². The molecule has 0 fully saturated rings. The summed E-state index contributed by atoms with van der Waals surface area (Å²) in [5.41, 5.74) is 9.74. The van der Waals surface area contributed by atoms with E-state index in [1.165, 1.54) is 22.3 Å². The minimum Gasteiger partial charge on any atom is -0.305 e. The molecule has 0 spiro atoms. The molecule has 3 heteroatoms. The Morgan fingerprint density at radius 3 is 1.61 bits per heavy atom. The van der Waals surface area contributed by atoms with E-state index in [0.717, 1.165) is 35.4 Å². The Hall–Kier alpha value is -3.39. The van der Waals surface area contributed by atoms with Gasteiger partial charge in [0, 0.05) is 32.5 Å². The van der Waals surface area contributed by atoms with E-state index in [1.807, 2.05) is 48.8 Å². The van der Waals surface area contributed by atoms with E-state index in [9.17, 15) is 0 Å². The maximum atomic E-state index is 4.54. The SMILES string of the molecule is CC(C)(C)Cc1ccnc(-c2[c-]ccc(-c3ccccc3)c2)c1.CC(C)(C)Cc1ccnc(-c2[c-]cccc2)c1.[Ir]. The molecule has 0 aliphatic carbocycles. The van der Waals surface area contributed by atoms with Gasteiger partial charge in [-0.25, -0.2) is 0 Å². The second-order valence-electron chi connectivity index (χ2n) is 12.7. The fourth-order valence-electron chi connectivity index (χ4n) is 4.67. The summed E-state index contributed by atoms with van der Waals surface area (Å²) in [5.74, 6) is 0. The average Bonchev–Trinajstić information content (AvgIpc) is 2.93. The third kappa shape index (κ3) is 10.5.